The minimum atomic E-state index is 0. The van der Waals surface area contributed by atoms with Crippen LogP contribution in [0.3, 0.4) is 0 Å². The number of nitrogens with zero attached hydrogens (tertiary/aromatic N) is 4. The number of hydrogen-bond donors (Lipinski definition) is 2. The molecule has 2 rings (SSSR count). The van der Waals surface area contributed by atoms with Crippen molar-refractivity contribution >= 4 is 29.9 Å². The fraction of sp³-hybridized carbons (Fsp3) is 0.765. The molecule has 1 saturated heterocycles. The molecule has 1 aromatic rings. The molecule has 0 spiro atoms. The molecule has 6 nitrogen and oxygen atoms in total. The average Bonchev–Trinajstić information content (AvgIpc) is 3.02. The first-order valence-electron chi connectivity index (χ1n) is 8.55. The topological polar surface area (TPSA) is 57.5 Å². The molecule has 7 heteroatoms. The molecule has 0 amide bonds. The first kappa shape index (κ1) is 21.2. The summed E-state index contributed by atoms with van der Waals surface area (Å²) in [5.41, 5.74) is 3.70. The maximum atomic E-state index is 4.50. The van der Waals surface area contributed by atoms with E-state index < -0.39 is 0 Å². The Kier molecular flexibility index (Phi) is 8.49. The van der Waals surface area contributed by atoms with E-state index in [2.05, 4.69) is 53.4 Å². The van der Waals surface area contributed by atoms with Gasteiger partial charge in [0.25, 0.3) is 0 Å². The molecule has 0 aliphatic carbocycles. The molecule has 2 unspecified atom stereocenters. The summed E-state index contributed by atoms with van der Waals surface area (Å²) in [6.45, 7) is 9.77. The van der Waals surface area contributed by atoms with Crippen molar-refractivity contribution in [1.29, 1.82) is 0 Å². The third-order valence-corrected chi connectivity index (χ3v) is 4.82. The highest BCUT2D eigenvalue weighted by molar-refractivity contribution is 14.0. The Bertz CT molecular complexity index is 554. The van der Waals surface area contributed by atoms with Gasteiger partial charge in [-0.15, -0.1) is 24.0 Å². The highest BCUT2D eigenvalue weighted by Gasteiger charge is 2.20. The third-order valence-electron chi connectivity index (χ3n) is 4.82. The Morgan fingerprint density at radius 2 is 2.08 bits per heavy atom. The smallest absolute Gasteiger partial charge is 0.191 e. The lowest BCUT2D eigenvalue weighted by Crippen LogP contribution is -2.44. The quantitative estimate of drug-likeness (QED) is 0.409. The Labute approximate surface area is 163 Å². The summed E-state index contributed by atoms with van der Waals surface area (Å²) in [6.07, 6.45) is 2.22. The Morgan fingerprint density at radius 1 is 1.38 bits per heavy atom. The highest BCUT2D eigenvalue weighted by atomic mass is 127. The van der Waals surface area contributed by atoms with Crippen molar-refractivity contribution in [2.75, 3.05) is 33.7 Å². The monoisotopic (exact) mass is 448 g/mol. The number of hydrogen-bond acceptors (Lipinski definition) is 3. The molecule has 0 radical (unpaired) electrons. The van der Waals surface area contributed by atoms with Crippen molar-refractivity contribution in [2.45, 2.75) is 39.7 Å². The molecule has 2 atom stereocenters. The maximum Gasteiger partial charge on any atom is 0.191 e. The molecule has 0 bridgehead atoms. The van der Waals surface area contributed by atoms with Crippen LogP contribution in [-0.2, 0) is 13.5 Å². The number of aromatic nitrogens is 2. The highest BCUT2D eigenvalue weighted by Crippen LogP contribution is 2.14. The van der Waals surface area contributed by atoms with Gasteiger partial charge in [0.1, 0.15) is 0 Å². The van der Waals surface area contributed by atoms with E-state index >= 15 is 0 Å². The SMILES string of the molecule is CN=C(NCC1CCN(C)C1)NC(C)Cc1c(C)nn(C)c1C.I. The van der Waals surface area contributed by atoms with Crippen molar-refractivity contribution in [3.05, 3.63) is 17.0 Å². The fourth-order valence-electron chi connectivity index (χ4n) is 3.33. The molecule has 1 aliphatic rings. The van der Waals surface area contributed by atoms with Crippen LogP contribution in [0.25, 0.3) is 0 Å². The van der Waals surface area contributed by atoms with Crippen LogP contribution in [0.2, 0.25) is 0 Å². The summed E-state index contributed by atoms with van der Waals surface area (Å²) in [5, 5.41) is 11.5. The second-order valence-corrected chi connectivity index (χ2v) is 6.89. The minimum Gasteiger partial charge on any atom is -0.356 e. The van der Waals surface area contributed by atoms with E-state index in [1.165, 1.54) is 30.8 Å². The number of halogens is 1. The normalized spacial score (nSPS) is 19.9. The van der Waals surface area contributed by atoms with Crippen LogP contribution in [0.5, 0.6) is 0 Å². The summed E-state index contributed by atoms with van der Waals surface area (Å²) in [5.74, 6) is 1.61. The van der Waals surface area contributed by atoms with E-state index in [1.807, 2.05) is 18.8 Å². The summed E-state index contributed by atoms with van der Waals surface area (Å²) in [7, 11) is 6.03. The summed E-state index contributed by atoms with van der Waals surface area (Å²) < 4.78 is 1.96. The molecule has 1 fully saturated rings. The van der Waals surface area contributed by atoms with Crippen LogP contribution >= 0.6 is 24.0 Å². The minimum absolute atomic E-state index is 0. The van der Waals surface area contributed by atoms with E-state index in [9.17, 15) is 0 Å². The molecule has 2 heterocycles. The number of rotatable bonds is 5. The molecule has 0 saturated carbocycles. The van der Waals surface area contributed by atoms with Gasteiger partial charge >= 0.3 is 0 Å². The van der Waals surface area contributed by atoms with E-state index in [4.69, 9.17) is 0 Å². The predicted octanol–water partition coefficient (Wildman–Crippen LogP) is 1.70. The Balaban J connectivity index is 0.00000288. The van der Waals surface area contributed by atoms with Gasteiger partial charge in [0, 0.05) is 38.9 Å². The van der Waals surface area contributed by atoms with E-state index in [0.717, 1.165) is 30.5 Å². The fourth-order valence-corrected chi connectivity index (χ4v) is 3.33. The van der Waals surface area contributed by atoms with Gasteiger partial charge < -0.3 is 15.5 Å². The Morgan fingerprint density at radius 3 is 2.58 bits per heavy atom. The Hall–Kier alpha value is -0.830. The number of guanidine groups is 1. The second-order valence-electron chi connectivity index (χ2n) is 6.89. The van der Waals surface area contributed by atoms with E-state index in [0.29, 0.717) is 6.04 Å². The zero-order chi connectivity index (χ0) is 17.0. The predicted molar refractivity (Wildman–Crippen MR) is 111 cm³/mol. The standard InChI is InChI=1S/C17H32N6.HI/c1-12(9-16-13(2)21-23(6)14(16)3)20-17(18-4)19-10-15-7-8-22(5)11-15;/h12,15H,7-11H2,1-6H3,(H2,18,19,20);1H. The molecular formula is C17H33IN6. The van der Waals surface area contributed by atoms with Gasteiger partial charge in [0.2, 0.25) is 0 Å². The van der Waals surface area contributed by atoms with Crippen molar-refractivity contribution in [1.82, 2.24) is 25.3 Å². The van der Waals surface area contributed by atoms with Crippen LogP contribution in [0, 0.1) is 19.8 Å². The van der Waals surface area contributed by atoms with Crippen LogP contribution < -0.4 is 10.6 Å². The van der Waals surface area contributed by atoms with Gasteiger partial charge in [0.05, 0.1) is 5.69 Å². The molecule has 24 heavy (non-hydrogen) atoms. The van der Waals surface area contributed by atoms with E-state index in [-0.39, 0.29) is 24.0 Å². The molecule has 2 N–H and O–H groups in total. The average molecular weight is 448 g/mol. The number of aryl methyl sites for hydroxylation is 2. The number of nitrogens with one attached hydrogen (secondary N) is 2. The van der Waals surface area contributed by atoms with Crippen molar-refractivity contribution in [3.8, 4) is 0 Å². The van der Waals surface area contributed by atoms with Crippen molar-refractivity contribution in [3.63, 3.8) is 0 Å². The van der Waals surface area contributed by atoms with Crippen LogP contribution in [0.4, 0.5) is 0 Å². The zero-order valence-corrected chi connectivity index (χ0v) is 18.2. The van der Waals surface area contributed by atoms with Gasteiger partial charge in [-0.05, 0) is 58.7 Å². The van der Waals surface area contributed by atoms with Gasteiger partial charge in [-0.3, -0.25) is 9.67 Å². The lowest BCUT2D eigenvalue weighted by atomic mass is 10.1. The molecule has 1 aliphatic heterocycles. The van der Waals surface area contributed by atoms with Gasteiger partial charge in [-0.25, -0.2) is 0 Å². The second kappa shape index (κ2) is 9.60. The lowest BCUT2D eigenvalue weighted by molar-refractivity contribution is 0.393. The molecule has 1 aromatic heterocycles. The lowest BCUT2D eigenvalue weighted by Gasteiger charge is -2.20. The van der Waals surface area contributed by atoms with Crippen molar-refractivity contribution < 1.29 is 0 Å². The molecular weight excluding hydrogens is 415 g/mol. The number of aliphatic imine (C=N–C) groups is 1. The van der Waals surface area contributed by atoms with Crippen LogP contribution in [-0.4, -0.2) is 60.4 Å². The van der Waals surface area contributed by atoms with Crippen LogP contribution in [0.1, 0.15) is 30.3 Å². The maximum absolute atomic E-state index is 4.50. The zero-order valence-electron chi connectivity index (χ0n) is 15.9. The summed E-state index contributed by atoms with van der Waals surface area (Å²) in [6, 6.07) is 0.314. The first-order valence-corrected chi connectivity index (χ1v) is 8.55. The molecule has 0 aromatic carbocycles. The van der Waals surface area contributed by atoms with Crippen molar-refractivity contribution in [2.24, 2.45) is 18.0 Å². The largest absolute Gasteiger partial charge is 0.356 e. The third kappa shape index (κ3) is 5.61. The van der Waals surface area contributed by atoms with Crippen LogP contribution in [0.15, 0.2) is 4.99 Å². The number of likely N-dealkylation sites (tertiary alicyclic amines) is 1. The van der Waals surface area contributed by atoms with Gasteiger partial charge in [0.15, 0.2) is 5.96 Å². The summed E-state index contributed by atoms with van der Waals surface area (Å²) >= 11 is 0. The summed E-state index contributed by atoms with van der Waals surface area (Å²) in [4.78, 5) is 6.75. The van der Waals surface area contributed by atoms with Gasteiger partial charge in [-0.1, -0.05) is 0 Å². The first-order chi connectivity index (χ1) is 10.9. The molecule has 138 valence electrons. The van der Waals surface area contributed by atoms with E-state index in [1.54, 1.807) is 0 Å². The van der Waals surface area contributed by atoms with Gasteiger partial charge in [-0.2, -0.15) is 5.10 Å².